The van der Waals surface area contributed by atoms with Crippen molar-refractivity contribution in [1.82, 2.24) is 0 Å². The van der Waals surface area contributed by atoms with Crippen LogP contribution in [0.3, 0.4) is 0 Å². The third kappa shape index (κ3) is 14.2. The maximum Gasteiger partial charge on any atom is 0.0840 e. The van der Waals surface area contributed by atoms with Gasteiger partial charge in [0, 0.05) is 25.0 Å². The maximum absolute atomic E-state index is 2.35. The van der Waals surface area contributed by atoms with Gasteiger partial charge >= 0.3 is 0 Å². The fourth-order valence-electron chi connectivity index (χ4n) is 2.34. The van der Waals surface area contributed by atoms with Crippen LogP contribution in [0.15, 0.2) is 0 Å². The van der Waals surface area contributed by atoms with Gasteiger partial charge in [-0.2, -0.15) is 0 Å². The first-order chi connectivity index (χ1) is 7.39. The van der Waals surface area contributed by atoms with Gasteiger partial charge in [0.2, 0.25) is 0 Å². The molecule has 0 amide bonds. The second kappa shape index (κ2) is 14.4. The van der Waals surface area contributed by atoms with E-state index in [1.165, 1.54) is 56.5 Å². The SMILES string of the molecule is CCCC[N+](CC)(CC)CCC[N+](C)(C)C.[Br-].[Br-].[V]. The van der Waals surface area contributed by atoms with Gasteiger partial charge in [0.05, 0.1) is 53.9 Å². The zero-order valence-electron chi connectivity index (χ0n) is 13.8. The van der Waals surface area contributed by atoms with Crippen molar-refractivity contribution in [3.8, 4) is 0 Å². The predicted molar refractivity (Wildman–Crippen MR) is 73.5 cm³/mol. The molecule has 1 radical (unpaired) electrons. The largest absolute Gasteiger partial charge is 1.00 e. The monoisotopic (exact) mass is 439 g/mol. The molecule has 0 rings (SSSR count). The maximum atomic E-state index is 2.35. The molecule has 0 atom stereocenters. The van der Waals surface area contributed by atoms with Crippen LogP contribution in [0.5, 0.6) is 0 Å². The van der Waals surface area contributed by atoms with Gasteiger partial charge in [-0.15, -0.1) is 0 Å². The molecule has 19 heavy (non-hydrogen) atoms. The molecular weight excluding hydrogens is 407 g/mol. The van der Waals surface area contributed by atoms with Crippen LogP contribution in [-0.2, 0) is 18.6 Å². The molecule has 0 N–H and O–H groups in total. The molecule has 0 saturated heterocycles. The fourth-order valence-corrected chi connectivity index (χ4v) is 2.34. The second-order valence-corrected chi connectivity index (χ2v) is 6.14. The zero-order valence-corrected chi connectivity index (χ0v) is 18.3. The van der Waals surface area contributed by atoms with E-state index >= 15 is 0 Å². The van der Waals surface area contributed by atoms with Crippen LogP contribution >= 0.6 is 0 Å². The molecule has 0 heterocycles. The van der Waals surface area contributed by atoms with Gasteiger partial charge in [0.1, 0.15) is 0 Å². The van der Waals surface area contributed by atoms with E-state index < -0.39 is 0 Å². The zero-order chi connectivity index (χ0) is 12.7. The molecule has 0 fully saturated rings. The van der Waals surface area contributed by atoms with Crippen molar-refractivity contribution < 1.29 is 61.5 Å². The summed E-state index contributed by atoms with van der Waals surface area (Å²) in [6, 6.07) is 0. The average Bonchev–Trinajstić information content (AvgIpc) is 2.22. The van der Waals surface area contributed by atoms with Crippen molar-refractivity contribution in [2.45, 2.75) is 40.0 Å². The third-order valence-electron chi connectivity index (χ3n) is 3.79. The Morgan fingerprint density at radius 3 is 1.42 bits per heavy atom. The molecule has 2 nitrogen and oxygen atoms in total. The Balaban J connectivity index is -0.000000375. The summed E-state index contributed by atoms with van der Waals surface area (Å²) in [6.45, 7) is 13.6. The predicted octanol–water partition coefficient (Wildman–Crippen LogP) is -3.26. The first-order valence-electron chi connectivity index (χ1n) is 7.04. The molecule has 0 aromatic heterocycles. The number of hydrogen-bond acceptors (Lipinski definition) is 0. The van der Waals surface area contributed by atoms with E-state index in [0.717, 1.165) is 4.48 Å². The number of halogens is 2. The van der Waals surface area contributed by atoms with Crippen LogP contribution in [0.2, 0.25) is 0 Å². The van der Waals surface area contributed by atoms with Gasteiger partial charge in [-0.05, 0) is 20.3 Å². The molecule has 0 aromatic rings. The van der Waals surface area contributed by atoms with Crippen LogP contribution in [0.25, 0.3) is 0 Å². The smallest absolute Gasteiger partial charge is 0.0840 e. The van der Waals surface area contributed by atoms with E-state index in [9.17, 15) is 0 Å². The average molecular weight is 441 g/mol. The van der Waals surface area contributed by atoms with E-state index in [0.29, 0.717) is 0 Å². The van der Waals surface area contributed by atoms with Crippen LogP contribution in [0.4, 0.5) is 0 Å². The molecule has 0 unspecified atom stereocenters. The van der Waals surface area contributed by atoms with E-state index in [1.807, 2.05) is 0 Å². The van der Waals surface area contributed by atoms with Gasteiger partial charge in [0.25, 0.3) is 0 Å². The summed E-state index contributed by atoms with van der Waals surface area (Å²) in [5.41, 5.74) is 0. The number of nitrogens with zero attached hydrogens (tertiary/aromatic N) is 2. The Kier molecular flexibility index (Phi) is 21.7. The Hall–Kier alpha value is 1.46. The van der Waals surface area contributed by atoms with Crippen molar-refractivity contribution in [3.05, 3.63) is 0 Å². The second-order valence-electron chi connectivity index (χ2n) is 6.14. The van der Waals surface area contributed by atoms with Gasteiger partial charge in [0.15, 0.2) is 0 Å². The molecule has 0 aromatic carbocycles. The Morgan fingerprint density at radius 1 is 0.684 bits per heavy atom. The van der Waals surface area contributed by atoms with E-state index in [4.69, 9.17) is 0 Å². The van der Waals surface area contributed by atoms with Crippen molar-refractivity contribution in [3.63, 3.8) is 0 Å². The van der Waals surface area contributed by atoms with Gasteiger partial charge in [-0.3, -0.25) is 0 Å². The molecule has 0 aliphatic carbocycles. The minimum Gasteiger partial charge on any atom is -1.00 e. The minimum absolute atomic E-state index is 0. The molecule has 0 saturated carbocycles. The fraction of sp³-hybridized carbons (Fsp3) is 1.00. The van der Waals surface area contributed by atoms with Gasteiger partial charge in [-0.25, -0.2) is 0 Å². The Bertz CT molecular complexity index is 181. The summed E-state index contributed by atoms with van der Waals surface area (Å²) in [4.78, 5) is 0. The first-order valence-corrected chi connectivity index (χ1v) is 7.04. The van der Waals surface area contributed by atoms with Crippen LogP contribution in [0.1, 0.15) is 40.0 Å². The van der Waals surface area contributed by atoms with Crippen molar-refractivity contribution in [1.29, 1.82) is 0 Å². The minimum atomic E-state index is 0. The van der Waals surface area contributed by atoms with Crippen molar-refractivity contribution >= 4 is 0 Å². The topological polar surface area (TPSA) is 0 Å². The van der Waals surface area contributed by atoms with Crippen molar-refractivity contribution in [2.75, 3.05) is 53.9 Å². The molecule has 0 aliphatic rings. The molecule has 0 spiro atoms. The Labute approximate surface area is 154 Å². The van der Waals surface area contributed by atoms with E-state index in [1.54, 1.807) is 0 Å². The number of hydrogen-bond donors (Lipinski definition) is 0. The van der Waals surface area contributed by atoms with Crippen molar-refractivity contribution in [2.24, 2.45) is 0 Å². The first kappa shape index (κ1) is 28.6. The van der Waals surface area contributed by atoms with Gasteiger partial charge in [-0.1, -0.05) is 13.3 Å². The summed E-state index contributed by atoms with van der Waals surface area (Å²) in [7, 11) is 6.87. The molecular formula is C14H34Br2N2V. The summed E-state index contributed by atoms with van der Waals surface area (Å²) >= 11 is 0. The standard InChI is InChI=1S/C14H34N2.2BrH.V/c1-7-10-13-16(8-2,9-3)14-11-12-15(4,5)6;;;/h7-14H2,1-6H3;2*1H;/q+2;;;/p-2. The molecule has 0 bridgehead atoms. The summed E-state index contributed by atoms with van der Waals surface area (Å²) in [5, 5.41) is 0. The quantitative estimate of drug-likeness (QED) is 0.330. The molecule has 5 heteroatoms. The normalized spacial score (nSPS) is 11.1. The molecule has 0 aliphatic heterocycles. The van der Waals surface area contributed by atoms with Gasteiger partial charge < -0.3 is 42.9 Å². The number of rotatable bonds is 9. The molecule has 119 valence electrons. The number of unbranched alkanes of at least 4 members (excludes halogenated alkanes) is 1. The van der Waals surface area contributed by atoms with Crippen LogP contribution in [-0.4, -0.2) is 62.8 Å². The van der Waals surface area contributed by atoms with Crippen LogP contribution < -0.4 is 34.0 Å². The third-order valence-corrected chi connectivity index (χ3v) is 3.79. The summed E-state index contributed by atoms with van der Waals surface area (Å²) in [5.74, 6) is 0. The summed E-state index contributed by atoms with van der Waals surface area (Å²) in [6.07, 6.45) is 4.07. The Morgan fingerprint density at radius 2 is 1.11 bits per heavy atom. The van der Waals surface area contributed by atoms with E-state index in [2.05, 4.69) is 41.9 Å². The summed E-state index contributed by atoms with van der Waals surface area (Å²) < 4.78 is 2.43. The van der Waals surface area contributed by atoms with E-state index in [-0.39, 0.29) is 52.5 Å². The number of quaternary nitrogens is 2. The van der Waals surface area contributed by atoms with Crippen LogP contribution in [0, 0.1) is 0 Å².